The topological polar surface area (TPSA) is 24.9 Å². The molecule has 1 aromatic heterocycles. The highest BCUT2D eigenvalue weighted by Gasteiger charge is 2.33. The maximum Gasteiger partial charge on any atom is 0.418 e. The van der Waals surface area contributed by atoms with Crippen molar-refractivity contribution < 1.29 is 13.2 Å². The first-order valence-electron chi connectivity index (χ1n) is 5.43. The van der Waals surface area contributed by atoms with Gasteiger partial charge in [-0.25, -0.2) is 4.98 Å². The van der Waals surface area contributed by atoms with E-state index in [4.69, 9.17) is 0 Å². The number of nitrogens with one attached hydrogen (secondary N) is 1. The van der Waals surface area contributed by atoms with Gasteiger partial charge in [0.25, 0.3) is 0 Å². The average molecular weight is 331 g/mol. The predicted molar refractivity (Wildman–Crippen MR) is 71.4 cm³/mol. The van der Waals surface area contributed by atoms with E-state index >= 15 is 0 Å². The zero-order chi connectivity index (χ0) is 14.0. The molecule has 1 heterocycles. The highest BCUT2D eigenvalue weighted by Crippen LogP contribution is 2.37. The van der Waals surface area contributed by atoms with E-state index < -0.39 is 11.7 Å². The Kier molecular flexibility index (Phi) is 3.80. The summed E-state index contributed by atoms with van der Waals surface area (Å²) < 4.78 is 39.2. The van der Waals surface area contributed by atoms with Gasteiger partial charge < -0.3 is 5.32 Å². The van der Waals surface area contributed by atoms with Crippen LogP contribution in [0.3, 0.4) is 0 Å². The Morgan fingerprint density at radius 2 is 1.89 bits per heavy atom. The molecule has 6 heteroatoms. The van der Waals surface area contributed by atoms with Crippen molar-refractivity contribution in [3.8, 4) is 0 Å². The lowest BCUT2D eigenvalue weighted by atomic mass is 10.1. The van der Waals surface area contributed by atoms with E-state index in [1.807, 2.05) is 6.92 Å². The summed E-state index contributed by atoms with van der Waals surface area (Å²) in [6, 6.07) is 7.42. The lowest BCUT2D eigenvalue weighted by molar-refractivity contribution is -0.137. The van der Waals surface area contributed by atoms with Crippen molar-refractivity contribution in [3.05, 3.63) is 52.1 Å². The second kappa shape index (κ2) is 5.21. The monoisotopic (exact) mass is 330 g/mol. The summed E-state index contributed by atoms with van der Waals surface area (Å²) in [5.41, 5.74) is 0.169. The molecule has 1 aromatic carbocycles. The fraction of sp³-hybridized carbons (Fsp3) is 0.154. The smallest absolute Gasteiger partial charge is 0.340 e. The number of rotatable bonds is 2. The Balaban J connectivity index is 2.40. The van der Waals surface area contributed by atoms with Gasteiger partial charge in [-0.05, 0) is 42.8 Å². The molecule has 0 fully saturated rings. The predicted octanol–water partition coefficient (Wildman–Crippen LogP) is 4.91. The molecule has 0 aliphatic heterocycles. The second-order valence-electron chi connectivity index (χ2n) is 4.03. The first-order chi connectivity index (χ1) is 8.86. The molecular weight excluding hydrogens is 321 g/mol. The fourth-order valence-corrected chi connectivity index (χ4v) is 1.96. The van der Waals surface area contributed by atoms with Crippen molar-refractivity contribution in [2.75, 3.05) is 5.32 Å². The van der Waals surface area contributed by atoms with E-state index in [2.05, 4.69) is 26.2 Å². The number of anilines is 2. The lowest BCUT2D eigenvalue weighted by Gasteiger charge is -2.14. The minimum Gasteiger partial charge on any atom is -0.340 e. The van der Waals surface area contributed by atoms with Gasteiger partial charge in [0.2, 0.25) is 0 Å². The van der Waals surface area contributed by atoms with E-state index in [1.165, 1.54) is 6.07 Å². The van der Waals surface area contributed by atoms with Gasteiger partial charge in [0.1, 0.15) is 5.82 Å². The van der Waals surface area contributed by atoms with Crippen LogP contribution in [0.4, 0.5) is 24.7 Å². The van der Waals surface area contributed by atoms with E-state index in [0.29, 0.717) is 10.3 Å². The van der Waals surface area contributed by atoms with Gasteiger partial charge in [-0.1, -0.05) is 15.9 Å². The first kappa shape index (κ1) is 13.9. The van der Waals surface area contributed by atoms with Gasteiger partial charge in [-0.15, -0.1) is 0 Å². The van der Waals surface area contributed by atoms with Crippen LogP contribution in [0, 0.1) is 6.92 Å². The molecule has 0 amide bonds. The summed E-state index contributed by atoms with van der Waals surface area (Å²) in [6.45, 7) is 1.85. The maximum absolute atomic E-state index is 12.9. The van der Waals surface area contributed by atoms with Crippen LogP contribution in [-0.2, 0) is 6.18 Å². The number of nitrogens with zero attached hydrogens (tertiary/aromatic N) is 1. The van der Waals surface area contributed by atoms with Crippen molar-refractivity contribution in [1.29, 1.82) is 0 Å². The van der Waals surface area contributed by atoms with Crippen molar-refractivity contribution in [2.45, 2.75) is 13.1 Å². The molecule has 100 valence electrons. The molecule has 0 unspecified atom stereocenters. The van der Waals surface area contributed by atoms with Crippen molar-refractivity contribution >= 4 is 27.4 Å². The Bertz CT molecular complexity index is 597. The normalized spacial score (nSPS) is 11.4. The van der Waals surface area contributed by atoms with Crippen LogP contribution in [0.15, 0.2) is 41.0 Å². The number of halogens is 4. The molecule has 0 aliphatic carbocycles. The van der Waals surface area contributed by atoms with E-state index in [9.17, 15) is 13.2 Å². The van der Waals surface area contributed by atoms with Crippen LogP contribution < -0.4 is 5.32 Å². The molecule has 0 spiro atoms. The quantitative estimate of drug-likeness (QED) is 0.845. The van der Waals surface area contributed by atoms with E-state index in [0.717, 1.165) is 11.6 Å². The minimum atomic E-state index is -4.42. The van der Waals surface area contributed by atoms with Crippen LogP contribution in [0.1, 0.15) is 11.1 Å². The molecule has 0 atom stereocenters. The van der Waals surface area contributed by atoms with E-state index in [-0.39, 0.29) is 5.69 Å². The van der Waals surface area contributed by atoms with Gasteiger partial charge in [0.05, 0.1) is 11.3 Å². The number of hydrogen-bond donors (Lipinski definition) is 1. The SMILES string of the molecule is Cc1ccnc(Nc2ccc(Br)cc2C(F)(F)F)c1. The zero-order valence-electron chi connectivity index (χ0n) is 9.92. The molecular formula is C13H10BrF3N2. The molecule has 0 radical (unpaired) electrons. The molecule has 0 bridgehead atoms. The average Bonchev–Trinajstić information content (AvgIpc) is 2.30. The summed E-state index contributed by atoms with van der Waals surface area (Å²) >= 11 is 3.04. The number of pyridine rings is 1. The Hall–Kier alpha value is -1.56. The van der Waals surface area contributed by atoms with Crippen LogP contribution in [0.25, 0.3) is 0 Å². The highest BCUT2D eigenvalue weighted by atomic mass is 79.9. The lowest BCUT2D eigenvalue weighted by Crippen LogP contribution is -2.09. The first-order valence-corrected chi connectivity index (χ1v) is 6.22. The maximum atomic E-state index is 12.9. The number of aryl methyl sites for hydroxylation is 1. The minimum absolute atomic E-state index is 0.0196. The molecule has 2 aromatic rings. The molecule has 0 saturated heterocycles. The Labute approximate surface area is 116 Å². The van der Waals surface area contributed by atoms with E-state index in [1.54, 1.807) is 24.4 Å². The standard InChI is InChI=1S/C13H10BrF3N2/c1-8-4-5-18-12(6-8)19-11-3-2-9(14)7-10(11)13(15,16)17/h2-7H,1H3,(H,18,19). The van der Waals surface area contributed by atoms with Crippen LogP contribution in [0.2, 0.25) is 0 Å². The number of aromatic nitrogens is 1. The largest absolute Gasteiger partial charge is 0.418 e. The third-order valence-electron chi connectivity index (χ3n) is 2.47. The number of hydrogen-bond acceptors (Lipinski definition) is 2. The van der Waals surface area contributed by atoms with Gasteiger partial charge in [-0.3, -0.25) is 0 Å². The third kappa shape index (κ3) is 3.47. The van der Waals surface area contributed by atoms with Crippen LogP contribution >= 0.6 is 15.9 Å². The molecule has 0 aliphatic rings. The Morgan fingerprint density at radius 1 is 1.16 bits per heavy atom. The molecule has 0 saturated carbocycles. The fourth-order valence-electron chi connectivity index (χ4n) is 1.60. The molecule has 1 N–H and O–H groups in total. The molecule has 2 nitrogen and oxygen atoms in total. The second-order valence-corrected chi connectivity index (χ2v) is 4.95. The van der Waals surface area contributed by atoms with Crippen molar-refractivity contribution in [1.82, 2.24) is 4.98 Å². The zero-order valence-corrected chi connectivity index (χ0v) is 11.5. The summed E-state index contributed by atoms with van der Waals surface area (Å²) in [5.74, 6) is 0.382. The van der Waals surface area contributed by atoms with Gasteiger partial charge in [0, 0.05) is 10.7 Å². The molecule has 19 heavy (non-hydrogen) atoms. The third-order valence-corrected chi connectivity index (χ3v) is 2.96. The Morgan fingerprint density at radius 3 is 2.53 bits per heavy atom. The van der Waals surface area contributed by atoms with Gasteiger partial charge >= 0.3 is 6.18 Å². The van der Waals surface area contributed by atoms with Gasteiger partial charge in [0.15, 0.2) is 0 Å². The number of alkyl halides is 3. The van der Waals surface area contributed by atoms with Crippen molar-refractivity contribution in [2.24, 2.45) is 0 Å². The summed E-state index contributed by atoms with van der Waals surface area (Å²) in [5, 5.41) is 2.70. The van der Waals surface area contributed by atoms with Crippen molar-refractivity contribution in [3.63, 3.8) is 0 Å². The summed E-state index contributed by atoms with van der Waals surface area (Å²) in [7, 11) is 0. The van der Waals surface area contributed by atoms with Crippen LogP contribution in [0.5, 0.6) is 0 Å². The summed E-state index contributed by atoms with van der Waals surface area (Å²) in [4.78, 5) is 3.99. The van der Waals surface area contributed by atoms with Crippen LogP contribution in [-0.4, -0.2) is 4.98 Å². The highest BCUT2D eigenvalue weighted by molar-refractivity contribution is 9.10. The molecule has 2 rings (SSSR count). The van der Waals surface area contributed by atoms with Gasteiger partial charge in [-0.2, -0.15) is 13.2 Å². The summed E-state index contributed by atoms with van der Waals surface area (Å²) in [6.07, 6.45) is -2.88. The number of benzene rings is 1.